The predicted octanol–water partition coefficient (Wildman–Crippen LogP) is 3.06. The smallest absolute Gasteiger partial charge is 0.213 e. The Labute approximate surface area is 120 Å². The number of hydrogen-bond acceptors (Lipinski definition) is 4. The molecule has 0 aromatic carbocycles. The molecule has 1 aliphatic heterocycles. The van der Waals surface area contributed by atoms with Gasteiger partial charge in [-0.25, -0.2) is 4.98 Å². The summed E-state index contributed by atoms with van der Waals surface area (Å²) in [6.45, 7) is 8.52. The van der Waals surface area contributed by atoms with Gasteiger partial charge in [0.05, 0.1) is 17.6 Å². The van der Waals surface area contributed by atoms with E-state index in [1.54, 1.807) is 11.8 Å². The summed E-state index contributed by atoms with van der Waals surface area (Å²) < 4.78 is 18.3. The second-order valence-corrected chi connectivity index (χ2v) is 9.15. The van der Waals surface area contributed by atoms with Crippen molar-refractivity contribution in [3.63, 3.8) is 0 Å². The first kappa shape index (κ1) is 14.7. The van der Waals surface area contributed by atoms with Crippen molar-refractivity contribution < 1.29 is 8.95 Å². The van der Waals surface area contributed by atoms with Gasteiger partial charge in [-0.05, 0) is 34.8 Å². The van der Waals surface area contributed by atoms with Gasteiger partial charge < -0.3 is 4.74 Å². The van der Waals surface area contributed by atoms with Gasteiger partial charge in [0, 0.05) is 22.0 Å². The van der Waals surface area contributed by atoms with Gasteiger partial charge in [-0.15, -0.1) is 11.8 Å². The molecule has 0 saturated heterocycles. The normalized spacial score (nSPS) is 21.2. The van der Waals surface area contributed by atoms with Crippen molar-refractivity contribution in [1.82, 2.24) is 4.98 Å². The van der Waals surface area contributed by atoms with Crippen molar-refractivity contribution >= 4 is 27.2 Å². The van der Waals surface area contributed by atoms with Crippen molar-refractivity contribution in [2.45, 2.75) is 43.1 Å². The van der Waals surface area contributed by atoms with Crippen LogP contribution in [0.15, 0.2) is 11.0 Å². The van der Waals surface area contributed by atoms with E-state index >= 15 is 0 Å². The van der Waals surface area contributed by atoms with E-state index in [4.69, 9.17) is 4.74 Å². The third kappa shape index (κ3) is 2.63. The quantitative estimate of drug-likeness (QED) is 0.801. The largest absolute Gasteiger partial charge is 0.478 e. The van der Waals surface area contributed by atoms with Crippen molar-refractivity contribution in [1.29, 1.82) is 0 Å². The van der Waals surface area contributed by atoms with E-state index in [9.17, 15) is 4.21 Å². The van der Waals surface area contributed by atoms with E-state index in [0.717, 1.165) is 21.9 Å². The zero-order valence-electron chi connectivity index (χ0n) is 11.9. The van der Waals surface area contributed by atoms with Crippen molar-refractivity contribution in [2.75, 3.05) is 12.4 Å². The van der Waals surface area contributed by atoms with Crippen LogP contribution in [-0.4, -0.2) is 32.7 Å². The number of rotatable bonds is 4. The summed E-state index contributed by atoms with van der Waals surface area (Å²) in [7, 11) is -2.18. The van der Waals surface area contributed by atoms with Gasteiger partial charge in [-0.1, -0.05) is 13.8 Å². The van der Waals surface area contributed by atoms with E-state index in [-0.39, 0.29) is 10.5 Å². The summed E-state index contributed by atoms with van der Waals surface area (Å²) in [4.78, 5) is 5.73. The summed E-state index contributed by atoms with van der Waals surface area (Å²) in [5, 5.41) is -0.00601. The predicted molar refractivity (Wildman–Crippen MR) is 84.0 cm³/mol. The fourth-order valence-electron chi connectivity index (χ4n) is 2.15. The van der Waals surface area contributed by atoms with Crippen LogP contribution >= 0.6 is 11.8 Å². The van der Waals surface area contributed by atoms with Crippen LogP contribution in [0.2, 0.25) is 0 Å². The van der Waals surface area contributed by atoms with E-state index < -0.39 is 9.52 Å². The molecule has 2 unspecified atom stereocenters. The molecule has 1 aliphatic rings. The molecule has 2 rings (SSSR count). The highest BCUT2D eigenvalue weighted by Crippen LogP contribution is 2.45. The summed E-state index contributed by atoms with van der Waals surface area (Å²) in [6.07, 6.45) is 0. The molecule has 0 radical (unpaired) electrons. The van der Waals surface area contributed by atoms with Gasteiger partial charge in [0.1, 0.15) is 0 Å². The zero-order valence-corrected chi connectivity index (χ0v) is 13.6. The van der Waals surface area contributed by atoms with Gasteiger partial charge in [0.2, 0.25) is 5.88 Å². The standard InChI is InChI=1S/C14H21NO2S2/c1-6-17-12-7-10(4)14-13(15-12)11(8-18-14)19(5,16)9(2)3/h7,9,11H,5-6,8H2,1-4H3. The van der Waals surface area contributed by atoms with Crippen molar-refractivity contribution in [2.24, 2.45) is 0 Å². The molecule has 2 heterocycles. The average molecular weight is 299 g/mol. The molecule has 106 valence electrons. The lowest BCUT2D eigenvalue weighted by molar-refractivity contribution is 0.325. The molecule has 0 bridgehead atoms. The highest BCUT2D eigenvalue weighted by Gasteiger charge is 2.34. The maximum atomic E-state index is 12.8. The Morgan fingerprint density at radius 2 is 2.32 bits per heavy atom. The van der Waals surface area contributed by atoms with Gasteiger partial charge >= 0.3 is 0 Å². The molecular formula is C14H21NO2S2. The van der Waals surface area contributed by atoms with Gasteiger partial charge in [-0.3, -0.25) is 4.21 Å². The number of pyridine rings is 1. The molecule has 3 nitrogen and oxygen atoms in total. The lowest BCUT2D eigenvalue weighted by Gasteiger charge is -2.20. The van der Waals surface area contributed by atoms with Crippen molar-refractivity contribution in [3.8, 4) is 5.88 Å². The minimum Gasteiger partial charge on any atom is -0.478 e. The minimum absolute atomic E-state index is 0.0573. The summed E-state index contributed by atoms with van der Waals surface area (Å²) >= 11 is 1.74. The van der Waals surface area contributed by atoms with Crippen LogP contribution in [0.25, 0.3) is 0 Å². The Kier molecular flexibility index (Phi) is 4.16. The molecule has 2 atom stereocenters. The van der Waals surface area contributed by atoms with Crippen molar-refractivity contribution in [3.05, 3.63) is 17.3 Å². The molecule has 5 heteroatoms. The molecule has 1 aromatic rings. The average Bonchev–Trinajstić information content (AvgIpc) is 2.74. The Morgan fingerprint density at radius 1 is 1.63 bits per heavy atom. The first-order valence-electron chi connectivity index (χ1n) is 6.50. The maximum Gasteiger partial charge on any atom is 0.213 e. The zero-order chi connectivity index (χ0) is 14.2. The monoisotopic (exact) mass is 299 g/mol. The van der Waals surface area contributed by atoms with E-state index in [2.05, 4.69) is 17.8 Å². The van der Waals surface area contributed by atoms with E-state index in [0.29, 0.717) is 12.5 Å². The van der Waals surface area contributed by atoms with Crippen LogP contribution in [0.3, 0.4) is 0 Å². The Hall–Kier alpha value is -0.680. The summed E-state index contributed by atoms with van der Waals surface area (Å²) in [5.74, 6) is 5.42. The van der Waals surface area contributed by atoms with Crippen LogP contribution in [0.5, 0.6) is 5.88 Å². The molecule has 0 saturated carbocycles. The Balaban J connectivity index is 2.49. The van der Waals surface area contributed by atoms with Crippen LogP contribution in [0.4, 0.5) is 0 Å². The van der Waals surface area contributed by atoms with E-state index in [1.807, 2.05) is 26.8 Å². The van der Waals surface area contributed by atoms with Gasteiger partial charge in [-0.2, -0.15) is 0 Å². The van der Waals surface area contributed by atoms with E-state index in [1.165, 1.54) is 0 Å². The van der Waals surface area contributed by atoms with Gasteiger partial charge in [0.15, 0.2) is 0 Å². The molecule has 0 aliphatic carbocycles. The lowest BCUT2D eigenvalue weighted by Crippen LogP contribution is -2.22. The SMILES string of the molecule is C=S(=O)(C(C)C)C1CSc2c(C)cc(OCC)nc21. The number of nitrogens with zero attached hydrogens (tertiary/aromatic N) is 1. The number of thioether (sulfide) groups is 1. The molecule has 19 heavy (non-hydrogen) atoms. The summed E-state index contributed by atoms with van der Waals surface area (Å²) in [6, 6.07) is 1.96. The molecule has 0 fully saturated rings. The molecule has 0 N–H and O–H groups in total. The third-order valence-electron chi connectivity index (χ3n) is 3.42. The minimum atomic E-state index is -2.18. The van der Waals surface area contributed by atoms with Crippen LogP contribution < -0.4 is 4.74 Å². The lowest BCUT2D eigenvalue weighted by atomic mass is 10.2. The fourth-order valence-corrected chi connectivity index (χ4v) is 5.66. The highest BCUT2D eigenvalue weighted by atomic mass is 32.2. The van der Waals surface area contributed by atoms with Crippen LogP contribution in [-0.2, 0) is 9.52 Å². The number of aryl methyl sites for hydroxylation is 1. The number of fused-ring (bicyclic) bond motifs is 1. The molecule has 1 aromatic heterocycles. The fraction of sp³-hybridized carbons (Fsp3) is 0.571. The maximum absolute atomic E-state index is 12.8. The topological polar surface area (TPSA) is 39.2 Å². The van der Waals surface area contributed by atoms with Gasteiger partial charge in [0.25, 0.3) is 0 Å². The second kappa shape index (κ2) is 5.37. The number of hydrogen-bond donors (Lipinski definition) is 0. The summed E-state index contributed by atoms with van der Waals surface area (Å²) in [5.41, 5.74) is 2.07. The molecule has 0 spiro atoms. The first-order chi connectivity index (χ1) is 8.87. The second-order valence-electron chi connectivity index (χ2n) is 5.05. The number of ether oxygens (including phenoxy) is 1. The Morgan fingerprint density at radius 3 is 2.89 bits per heavy atom. The highest BCUT2D eigenvalue weighted by molar-refractivity contribution is 8.04. The molecular weight excluding hydrogens is 278 g/mol. The van der Waals surface area contributed by atoms with Crippen LogP contribution in [0.1, 0.15) is 37.3 Å². The third-order valence-corrected chi connectivity index (χ3v) is 7.90. The van der Waals surface area contributed by atoms with Crippen LogP contribution in [0, 0.1) is 6.92 Å². The number of aromatic nitrogens is 1. The molecule has 0 amide bonds. The Bertz CT molecular complexity index is 579. The first-order valence-corrected chi connectivity index (χ1v) is 9.33.